The van der Waals surface area contributed by atoms with Gasteiger partial charge in [0, 0.05) is 6.54 Å². The molecule has 1 atom stereocenters. The zero-order chi connectivity index (χ0) is 25.4. The molecule has 2 aliphatic rings. The summed E-state index contributed by atoms with van der Waals surface area (Å²) in [4.78, 5) is 16.3. The molecule has 36 heavy (non-hydrogen) atoms. The molecular weight excluding hydrogens is 448 g/mol. The first-order chi connectivity index (χ1) is 17.5. The van der Waals surface area contributed by atoms with Gasteiger partial charge in [-0.1, -0.05) is 50.6 Å². The SMILES string of the molecule is CCOc1ccc(CN2CCC3(CCCCc4ccccc4OC[C@H](CC(C)C)NC3=O)CC2)cc1. The number of nitrogens with one attached hydrogen (secondary N) is 1. The summed E-state index contributed by atoms with van der Waals surface area (Å²) in [5.41, 5.74) is 2.31. The van der Waals surface area contributed by atoms with Crippen molar-refractivity contribution in [3.63, 3.8) is 0 Å². The number of rotatable bonds is 6. The van der Waals surface area contributed by atoms with E-state index in [0.717, 1.165) is 76.1 Å². The van der Waals surface area contributed by atoms with Crippen molar-refractivity contribution in [2.45, 2.75) is 78.3 Å². The van der Waals surface area contributed by atoms with Gasteiger partial charge >= 0.3 is 0 Å². The van der Waals surface area contributed by atoms with E-state index in [-0.39, 0.29) is 17.4 Å². The Balaban J connectivity index is 1.43. The summed E-state index contributed by atoms with van der Waals surface area (Å²) < 4.78 is 11.9. The van der Waals surface area contributed by atoms with Gasteiger partial charge in [-0.05, 0) is 93.8 Å². The Morgan fingerprint density at radius 3 is 2.53 bits per heavy atom. The van der Waals surface area contributed by atoms with E-state index in [1.54, 1.807) is 0 Å². The number of nitrogens with zero attached hydrogens (tertiary/aromatic N) is 1. The Hall–Kier alpha value is -2.53. The fourth-order valence-corrected chi connectivity index (χ4v) is 5.74. The molecule has 1 N–H and O–H groups in total. The van der Waals surface area contributed by atoms with Crippen molar-refractivity contribution < 1.29 is 14.3 Å². The van der Waals surface area contributed by atoms with Gasteiger partial charge in [-0.3, -0.25) is 9.69 Å². The van der Waals surface area contributed by atoms with Gasteiger partial charge in [0.05, 0.1) is 18.1 Å². The van der Waals surface area contributed by atoms with Crippen LogP contribution in [0.1, 0.15) is 70.4 Å². The third-order valence-corrected chi connectivity index (χ3v) is 7.79. The first-order valence-corrected chi connectivity index (χ1v) is 13.9. The number of hydrogen-bond acceptors (Lipinski definition) is 4. The monoisotopic (exact) mass is 492 g/mol. The van der Waals surface area contributed by atoms with Gasteiger partial charge < -0.3 is 14.8 Å². The minimum atomic E-state index is -0.275. The largest absolute Gasteiger partial charge is 0.494 e. The van der Waals surface area contributed by atoms with Gasteiger partial charge in [0.25, 0.3) is 0 Å². The molecule has 1 saturated heterocycles. The molecule has 4 rings (SSSR count). The van der Waals surface area contributed by atoms with E-state index < -0.39 is 0 Å². The topological polar surface area (TPSA) is 50.8 Å². The van der Waals surface area contributed by atoms with Crippen LogP contribution in [0.5, 0.6) is 11.5 Å². The maximum atomic E-state index is 13.8. The number of carbonyl (C=O) groups is 1. The molecule has 2 heterocycles. The lowest BCUT2D eigenvalue weighted by molar-refractivity contribution is -0.136. The van der Waals surface area contributed by atoms with Gasteiger partial charge in [-0.15, -0.1) is 0 Å². The van der Waals surface area contributed by atoms with Crippen molar-refractivity contribution in [3.05, 3.63) is 59.7 Å². The highest BCUT2D eigenvalue weighted by atomic mass is 16.5. The standard InChI is InChI=1S/C31H44N2O3/c1-4-35-28-14-12-25(13-15-28)22-33-19-17-31(18-20-33)16-8-7-10-26-9-5-6-11-29(26)36-23-27(21-24(2)3)32-30(31)34/h5-6,9,11-15,24,27H,4,7-8,10,16-23H2,1-3H3,(H,32,34)/t27-/m0/s1. The second-order valence-electron chi connectivity index (χ2n) is 11.1. The number of ether oxygens (including phenoxy) is 2. The molecule has 0 bridgehead atoms. The number of piperidine rings is 1. The maximum Gasteiger partial charge on any atom is 0.226 e. The second-order valence-corrected chi connectivity index (χ2v) is 11.1. The molecule has 2 aromatic carbocycles. The van der Waals surface area contributed by atoms with Gasteiger partial charge in [0.2, 0.25) is 5.91 Å². The van der Waals surface area contributed by atoms with Crippen molar-refractivity contribution in [2.75, 3.05) is 26.3 Å². The van der Waals surface area contributed by atoms with Crippen LogP contribution in [-0.4, -0.2) is 43.2 Å². The Morgan fingerprint density at radius 2 is 1.81 bits per heavy atom. The summed E-state index contributed by atoms with van der Waals surface area (Å²) in [6.07, 6.45) is 6.88. The van der Waals surface area contributed by atoms with Crippen LogP contribution in [0.2, 0.25) is 0 Å². The number of likely N-dealkylation sites (tertiary alicyclic amines) is 1. The molecule has 0 aliphatic carbocycles. The number of para-hydroxylation sites is 1. The fraction of sp³-hybridized carbons (Fsp3) is 0.581. The van der Waals surface area contributed by atoms with Crippen LogP contribution < -0.4 is 14.8 Å². The van der Waals surface area contributed by atoms with Crippen LogP contribution in [-0.2, 0) is 17.8 Å². The van der Waals surface area contributed by atoms with E-state index in [1.165, 1.54) is 11.1 Å². The summed E-state index contributed by atoms with van der Waals surface area (Å²) >= 11 is 0. The van der Waals surface area contributed by atoms with Crippen molar-refractivity contribution >= 4 is 5.91 Å². The van der Waals surface area contributed by atoms with Crippen molar-refractivity contribution in [1.82, 2.24) is 10.2 Å². The molecule has 5 nitrogen and oxygen atoms in total. The quantitative estimate of drug-likeness (QED) is 0.537. The van der Waals surface area contributed by atoms with E-state index in [9.17, 15) is 4.79 Å². The molecule has 1 amide bonds. The minimum absolute atomic E-state index is 0.0312. The smallest absolute Gasteiger partial charge is 0.226 e. The van der Waals surface area contributed by atoms with E-state index in [0.29, 0.717) is 19.1 Å². The highest BCUT2D eigenvalue weighted by Crippen LogP contribution is 2.38. The van der Waals surface area contributed by atoms with E-state index >= 15 is 0 Å². The number of hydrogen-bond donors (Lipinski definition) is 1. The average molecular weight is 493 g/mol. The number of aryl methyl sites for hydroxylation is 1. The molecule has 1 spiro atoms. The molecule has 5 heteroatoms. The summed E-state index contributed by atoms with van der Waals surface area (Å²) in [5.74, 6) is 2.63. The van der Waals surface area contributed by atoms with Gasteiger partial charge in [0.15, 0.2) is 0 Å². The summed E-state index contributed by atoms with van der Waals surface area (Å²) in [6.45, 7) is 10.5. The zero-order valence-corrected chi connectivity index (χ0v) is 22.4. The first kappa shape index (κ1) is 26.5. The number of carbonyl (C=O) groups excluding carboxylic acids is 1. The Labute approximate surface area is 217 Å². The van der Waals surface area contributed by atoms with E-state index in [1.807, 2.05) is 13.0 Å². The molecular formula is C31H44N2O3. The van der Waals surface area contributed by atoms with Crippen LogP contribution in [0.15, 0.2) is 48.5 Å². The first-order valence-electron chi connectivity index (χ1n) is 13.9. The predicted octanol–water partition coefficient (Wildman–Crippen LogP) is 6.00. The lowest BCUT2D eigenvalue weighted by atomic mass is 9.73. The molecule has 0 aromatic heterocycles. The maximum absolute atomic E-state index is 13.8. The molecule has 1 fully saturated rings. The Kier molecular flexibility index (Phi) is 9.30. The second kappa shape index (κ2) is 12.6. The fourth-order valence-electron chi connectivity index (χ4n) is 5.74. The van der Waals surface area contributed by atoms with Gasteiger partial charge in [0.1, 0.15) is 18.1 Å². The van der Waals surface area contributed by atoms with Crippen LogP contribution in [0.25, 0.3) is 0 Å². The highest BCUT2D eigenvalue weighted by Gasteiger charge is 2.41. The minimum Gasteiger partial charge on any atom is -0.494 e. The average Bonchev–Trinajstić information content (AvgIpc) is 2.87. The zero-order valence-electron chi connectivity index (χ0n) is 22.4. The predicted molar refractivity (Wildman–Crippen MR) is 145 cm³/mol. The molecule has 0 unspecified atom stereocenters. The summed E-state index contributed by atoms with van der Waals surface area (Å²) in [6, 6.07) is 16.9. The van der Waals surface area contributed by atoms with Crippen molar-refractivity contribution in [3.8, 4) is 11.5 Å². The summed E-state index contributed by atoms with van der Waals surface area (Å²) in [5, 5.41) is 3.44. The molecule has 2 aromatic rings. The third kappa shape index (κ3) is 7.03. The lowest BCUT2D eigenvalue weighted by Crippen LogP contribution is -2.52. The van der Waals surface area contributed by atoms with Crippen molar-refractivity contribution in [2.24, 2.45) is 11.3 Å². The van der Waals surface area contributed by atoms with Crippen molar-refractivity contribution in [1.29, 1.82) is 0 Å². The van der Waals surface area contributed by atoms with E-state index in [4.69, 9.17) is 9.47 Å². The molecule has 196 valence electrons. The highest BCUT2D eigenvalue weighted by molar-refractivity contribution is 5.83. The number of fused-ring (bicyclic) bond motifs is 1. The Morgan fingerprint density at radius 1 is 1.06 bits per heavy atom. The normalized spacial score (nSPS) is 21.1. The van der Waals surface area contributed by atoms with Gasteiger partial charge in [-0.25, -0.2) is 0 Å². The lowest BCUT2D eigenvalue weighted by Gasteiger charge is -2.42. The third-order valence-electron chi connectivity index (χ3n) is 7.79. The van der Waals surface area contributed by atoms with Crippen LogP contribution in [0, 0.1) is 11.3 Å². The molecule has 0 saturated carbocycles. The number of amides is 1. The van der Waals surface area contributed by atoms with Crippen LogP contribution in [0.3, 0.4) is 0 Å². The molecule has 2 aliphatic heterocycles. The van der Waals surface area contributed by atoms with Gasteiger partial charge in [-0.2, -0.15) is 0 Å². The molecule has 0 radical (unpaired) electrons. The Bertz CT molecular complexity index is 964. The van der Waals surface area contributed by atoms with E-state index in [2.05, 4.69) is 66.5 Å². The number of benzene rings is 2. The van der Waals surface area contributed by atoms with Crippen LogP contribution >= 0.6 is 0 Å². The van der Waals surface area contributed by atoms with Crippen LogP contribution in [0.4, 0.5) is 0 Å². The summed E-state index contributed by atoms with van der Waals surface area (Å²) in [7, 11) is 0.